The molecule has 0 saturated heterocycles. The number of ether oxygens (including phenoxy) is 2. The zero-order valence-corrected chi connectivity index (χ0v) is 14.9. The van der Waals surface area contributed by atoms with Gasteiger partial charge in [0.25, 0.3) is 5.91 Å². The predicted molar refractivity (Wildman–Crippen MR) is 98.4 cm³/mol. The van der Waals surface area contributed by atoms with Gasteiger partial charge in [-0.2, -0.15) is 0 Å². The average Bonchev–Trinajstić information content (AvgIpc) is 2.62. The Morgan fingerprint density at radius 3 is 2.62 bits per heavy atom. The van der Waals surface area contributed by atoms with Crippen LogP contribution in [0.3, 0.4) is 0 Å². The molecule has 0 spiro atoms. The second-order valence-corrected chi connectivity index (χ2v) is 5.95. The van der Waals surface area contributed by atoms with E-state index in [9.17, 15) is 9.18 Å². The Morgan fingerprint density at radius 2 is 1.88 bits per heavy atom. The number of nitrogens with one attached hydrogen (secondary N) is 1. The van der Waals surface area contributed by atoms with E-state index in [0.717, 1.165) is 6.54 Å². The molecule has 1 amide bonds. The van der Waals surface area contributed by atoms with Gasteiger partial charge in [-0.3, -0.25) is 4.79 Å². The number of carbonyl (C=O) groups is 1. The third-order valence-electron chi connectivity index (χ3n) is 3.56. The Kier molecular flexibility index (Phi) is 7.53. The molecular weight excluding hydrogens is 337 g/mol. The molecule has 2 aromatic carbocycles. The van der Waals surface area contributed by atoms with Crippen molar-refractivity contribution in [2.45, 2.75) is 6.23 Å². The molecule has 2 rings (SSSR count). The van der Waals surface area contributed by atoms with Crippen molar-refractivity contribution in [3.8, 4) is 5.75 Å². The van der Waals surface area contributed by atoms with Gasteiger partial charge in [-0.15, -0.1) is 0 Å². The van der Waals surface area contributed by atoms with Gasteiger partial charge in [0.2, 0.25) is 0 Å². The summed E-state index contributed by atoms with van der Waals surface area (Å²) in [6.45, 7) is 0.960. The molecule has 0 aromatic heterocycles. The highest BCUT2D eigenvalue weighted by Crippen LogP contribution is 2.24. The van der Waals surface area contributed by atoms with E-state index in [0.29, 0.717) is 17.9 Å². The molecule has 1 unspecified atom stereocenters. The maximum absolute atomic E-state index is 13.5. The van der Waals surface area contributed by atoms with Crippen molar-refractivity contribution in [2.24, 2.45) is 5.73 Å². The van der Waals surface area contributed by atoms with Crippen molar-refractivity contribution in [3.63, 3.8) is 0 Å². The summed E-state index contributed by atoms with van der Waals surface area (Å²) in [6, 6.07) is 13.2. The second-order valence-electron chi connectivity index (χ2n) is 5.95. The van der Waals surface area contributed by atoms with Gasteiger partial charge < -0.3 is 25.4 Å². The maximum atomic E-state index is 13.5. The van der Waals surface area contributed by atoms with E-state index >= 15 is 0 Å². The molecule has 3 N–H and O–H groups in total. The number of likely N-dealkylation sites (N-methyl/N-ethyl adjacent to an activating group) is 1. The number of hydrogen-bond acceptors (Lipinski definition) is 5. The lowest BCUT2D eigenvalue weighted by molar-refractivity contribution is -0.122. The lowest BCUT2D eigenvalue weighted by Crippen LogP contribution is -2.25. The van der Waals surface area contributed by atoms with Gasteiger partial charge in [0.15, 0.2) is 0 Å². The largest absolute Gasteiger partial charge is 0.492 e. The molecule has 0 aliphatic rings. The number of hydrogen-bond donors (Lipinski definition) is 2. The summed E-state index contributed by atoms with van der Waals surface area (Å²) in [5, 5.41) is 2.45. The van der Waals surface area contributed by atoms with E-state index in [1.165, 1.54) is 12.1 Å². The van der Waals surface area contributed by atoms with E-state index in [1.807, 2.05) is 31.1 Å². The minimum Gasteiger partial charge on any atom is -0.492 e. The van der Waals surface area contributed by atoms with Crippen LogP contribution in [0.2, 0.25) is 0 Å². The quantitative estimate of drug-likeness (QED) is 0.671. The Bertz CT molecular complexity index is 725. The number of halogens is 1. The number of carbonyl (C=O) groups excluding carboxylic acids is 1. The summed E-state index contributed by atoms with van der Waals surface area (Å²) in [7, 11) is 3.91. The second kappa shape index (κ2) is 9.86. The van der Waals surface area contributed by atoms with Crippen molar-refractivity contribution in [2.75, 3.05) is 39.2 Å². The van der Waals surface area contributed by atoms with Crippen molar-refractivity contribution in [1.82, 2.24) is 4.90 Å². The van der Waals surface area contributed by atoms with Gasteiger partial charge in [-0.25, -0.2) is 4.39 Å². The van der Waals surface area contributed by atoms with E-state index in [4.69, 9.17) is 15.2 Å². The fraction of sp³-hybridized carbons (Fsp3) is 0.316. The number of nitrogens with two attached hydrogens (primary N) is 1. The molecule has 0 fully saturated rings. The summed E-state index contributed by atoms with van der Waals surface area (Å²) in [4.78, 5) is 13.9. The first kappa shape index (κ1) is 19.8. The number of amides is 1. The normalized spacial score (nSPS) is 12.0. The van der Waals surface area contributed by atoms with E-state index < -0.39 is 18.0 Å². The van der Waals surface area contributed by atoms with Crippen LogP contribution < -0.4 is 15.8 Å². The van der Waals surface area contributed by atoms with Crippen LogP contribution in [0.4, 0.5) is 10.1 Å². The first-order valence-corrected chi connectivity index (χ1v) is 8.25. The molecule has 0 saturated carbocycles. The molecule has 0 aliphatic heterocycles. The summed E-state index contributed by atoms with van der Waals surface area (Å²) in [5.41, 5.74) is 6.77. The SMILES string of the molecule is CN(C)CCOc1ccccc1C(N)OCC(=O)Nc1ccccc1F. The van der Waals surface area contributed by atoms with Gasteiger partial charge in [-0.05, 0) is 32.3 Å². The zero-order chi connectivity index (χ0) is 18.9. The molecule has 1 atom stereocenters. The molecule has 140 valence electrons. The number of nitrogens with zero attached hydrogens (tertiary/aromatic N) is 1. The highest BCUT2D eigenvalue weighted by molar-refractivity contribution is 5.91. The molecule has 7 heteroatoms. The maximum Gasteiger partial charge on any atom is 0.250 e. The first-order chi connectivity index (χ1) is 12.5. The molecule has 6 nitrogen and oxygen atoms in total. The molecule has 2 aromatic rings. The van der Waals surface area contributed by atoms with Crippen LogP contribution in [0.25, 0.3) is 0 Å². The zero-order valence-electron chi connectivity index (χ0n) is 14.9. The topological polar surface area (TPSA) is 76.8 Å². The third-order valence-corrected chi connectivity index (χ3v) is 3.56. The molecule has 26 heavy (non-hydrogen) atoms. The van der Waals surface area contributed by atoms with Gasteiger partial charge in [0, 0.05) is 12.1 Å². The van der Waals surface area contributed by atoms with Crippen LogP contribution in [0.15, 0.2) is 48.5 Å². The van der Waals surface area contributed by atoms with Crippen LogP contribution in [-0.2, 0) is 9.53 Å². The van der Waals surface area contributed by atoms with Crippen LogP contribution in [0.5, 0.6) is 5.75 Å². The van der Waals surface area contributed by atoms with Crippen molar-refractivity contribution in [1.29, 1.82) is 0 Å². The number of rotatable bonds is 9. The number of para-hydroxylation sites is 2. The Labute approximate surface area is 152 Å². The van der Waals surface area contributed by atoms with Gasteiger partial charge in [0.05, 0.1) is 5.69 Å². The van der Waals surface area contributed by atoms with Crippen molar-refractivity contribution in [3.05, 3.63) is 59.9 Å². The van der Waals surface area contributed by atoms with Crippen molar-refractivity contribution >= 4 is 11.6 Å². The minimum absolute atomic E-state index is 0.0992. The van der Waals surface area contributed by atoms with E-state index in [1.54, 1.807) is 24.3 Å². The van der Waals surface area contributed by atoms with Gasteiger partial charge in [-0.1, -0.05) is 30.3 Å². The lowest BCUT2D eigenvalue weighted by atomic mass is 10.2. The highest BCUT2D eigenvalue weighted by atomic mass is 19.1. The highest BCUT2D eigenvalue weighted by Gasteiger charge is 2.15. The Balaban J connectivity index is 1.90. The number of benzene rings is 2. The molecule has 0 heterocycles. The van der Waals surface area contributed by atoms with Crippen LogP contribution in [0, 0.1) is 5.82 Å². The van der Waals surface area contributed by atoms with Gasteiger partial charge >= 0.3 is 0 Å². The standard InChI is InChI=1S/C19H24FN3O3/c1-23(2)11-12-25-17-10-6-3-7-14(17)19(21)26-13-18(24)22-16-9-5-4-8-15(16)20/h3-10,19H,11-13,21H2,1-2H3,(H,22,24). The first-order valence-electron chi connectivity index (χ1n) is 8.25. The minimum atomic E-state index is -0.836. The fourth-order valence-electron chi connectivity index (χ4n) is 2.19. The average molecular weight is 361 g/mol. The summed E-state index contributed by atoms with van der Waals surface area (Å²) in [6.07, 6.45) is -0.836. The predicted octanol–water partition coefficient (Wildman–Crippen LogP) is 2.38. The summed E-state index contributed by atoms with van der Waals surface area (Å²) >= 11 is 0. The van der Waals surface area contributed by atoms with Crippen molar-refractivity contribution < 1.29 is 18.7 Å². The molecule has 0 bridgehead atoms. The number of anilines is 1. The molecular formula is C19H24FN3O3. The van der Waals surface area contributed by atoms with Crippen LogP contribution in [0.1, 0.15) is 11.8 Å². The van der Waals surface area contributed by atoms with E-state index in [2.05, 4.69) is 5.32 Å². The van der Waals surface area contributed by atoms with Crippen LogP contribution in [-0.4, -0.2) is 44.7 Å². The summed E-state index contributed by atoms with van der Waals surface area (Å²) < 4.78 is 24.7. The third kappa shape index (κ3) is 6.11. The Hall–Kier alpha value is -2.48. The van der Waals surface area contributed by atoms with Gasteiger partial charge in [0.1, 0.15) is 31.0 Å². The smallest absolute Gasteiger partial charge is 0.250 e. The van der Waals surface area contributed by atoms with E-state index in [-0.39, 0.29) is 12.3 Å². The molecule has 0 aliphatic carbocycles. The summed E-state index contributed by atoms with van der Waals surface area (Å²) in [5.74, 6) is -0.391. The monoisotopic (exact) mass is 361 g/mol. The van der Waals surface area contributed by atoms with Crippen LogP contribution >= 0.6 is 0 Å². The lowest BCUT2D eigenvalue weighted by Gasteiger charge is -2.18. The Morgan fingerprint density at radius 1 is 1.19 bits per heavy atom. The fourth-order valence-corrected chi connectivity index (χ4v) is 2.19. The molecule has 0 radical (unpaired) electrons.